The first-order valence-corrected chi connectivity index (χ1v) is 7.05. The lowest BCUT2D eigenvalue weighted by atomic mass is 9.84. The van der Waals surface area contributed by atoms with Gasteiger partial charge in [0.1, 0.15) is 6.10 Å². The number of rotatable bonds is 3. The molecule has 3 rings (SSSR count). The van der Waals surface area contributed by atoms with Gasteiger partial charge in [0.25, 0.3) is 0 Å². The minimum Gasteiger partial charge on any atom is -0.458 e. The summed E-state index contributed by atoms with van der Waals surface area (Å²) < 4.78 is 5.75. The Labute approximate surface area is 113 Å². The van der Waals surface area contributed by atoms with Crippen molar-refractivity contribution >= 4 is 5.91 Å². The van der Waals surface area contributed by atoms with E-state index in [-0.39, 0.29) is 12.0 Å². The maximum Gasteiger partial charge on any atom is 0.316 e. The number of ether oxygens (including phenoxy) is 1. The second-order valence-corrected chi connectivity index (χ2v) is 5.33. The van der Waals surface area contributed by atoms with Gasteiger partial charge in [-0.3, -0.25) is 4.79 Å². The Bertz CT molecular complexity index is 434. The fourth-order valence-electron chi connectivity index (χ4n) is 2.64. The minimum absolute atomic E-state index is 0.0279. The minimum atomic E-state index is 0.0279. The van der Waals surface area contributed by atoms with E-state index >= 15 is 0 Å². The van der Waals surface area contributed by atoms with Crippen molar-refractivity contribution in [2.75, 3.05) is 13.1 Å². The summed E-state index contributed by atoms with van der Waals surface area (Å²) in [6.45, 7) is 1.54. The normalized spacial score (nSPS) is 23.8. The number of aromatic nitrogens is 2. The first-order chi connectivity index (χ1) is 9.33. The zero-order valence-corrected chi connectivity index (χ0v) is 11.0. The molecule has 1 amide bonds. The van der Waals surface area contributed by atoms with Crippen LogP contribution in [-0.2, 0) is 4.79 Å². The zero-order chi connectivity index (χ0) is 13.1. The summed E-state index contributed by atoms with van der Waals surface area (Å²) in [6.07, 6.45) is 8.64. The first kappa shape index (κ1) is 12.4. The van der Waals surface area contributed by atoms with Crippen LogP contribution in [0.15, 0.2) is 18.5 Å². The third-order valence-electron chi connectivity index (χ3n) is 3.96. The Kier molecular flexibility index (Phi) is 3.62. The maximum absolute atomic E-state index is 12.2. The molecule has 102 valence electrons. The Hall–Kier alpha value is -1.65. The van der Waals surface area contributed by atoms with Gasteiger partial charge in [0, 0.05) is 24.9 Å². The Morgan fingerprint density at radius 2 is 2.00 bits per heavy atom. The number of hydrogen-bond acceptors (Lipinski definition) is 4. The van der Waals surface area contributed by atoms with Gasteiger partial charge in [-0.15, -0.1) is 0 Å². The van der Waals surface area contributed by atoms with Gasteiger partial charge in [0.15, 0.2) is 0 Å². The van der Waals surface area contributed by atoms with Crippen LogP contribution >= 0.6 is 0 Å². The summed E-state index contributed by atoms with van der Waals surface area (Å²) in [5.41, 5.74) is 0. The molecule has 0 N–H and O–H groups in total. The summed E-state index contributed by atoms with van der Waals surface area (Å²) in [7, 11) is 0. The Morgan fingerprint density at radius 1 is 1.21 bits per heavy atom. The van der Waals surface area contributed by atoms with Crippen molar-refractivity contribution in [2.45, 2.75) is 38.2 Å². The molecule has 19 heavy (non-hydrogen) atoms. The van der Waals surface area contributed by atoms with Gasteiger partial charge in [-0.1, -0.05) is 6.42 Å². The molecule has 2 aliphatic rings. The molecule has 1 saturated heterocycles. The molecule has 0 bridgehead atoms. The van der Waals surface area contributed by atoms with Crippen LogP contribution in [0.2, 0.25) is 0 Å². The lowest BCUT2D eigenvalue weighted by Crippen LogP contribution is -2.47. The summed E-state index contributed by atoms with van der Waals surface area (Å²) in [5, 5.41) is 0. The van der Waals surface area contributed by atoms with Gasteiger partial charge in [0.05, 0.1) is 6.54 Å². The molecule has 1 aliphatic heterocycles. The fraction of sp³-hybridized carbons (Fsp3) is 0.643. The van der Waals surface area contributed by atoms with E-state index in [1.165, 1.54) is 6.42 Å². The highest BCUT2D eigenvalue weighted by Gasteiger charge is 2.32. The van der Waals surface area contributed by atoms with Gasteiger partial charge in [0.2, 0.25) is 5.91 Å². The second-order valence-electron chi connectivity index (χ2n) is 5.33. The SMILES string of the molecule is O=C(C1CCC1)N1CCC[C@@H](Oc2ncccn2)C1. The number of carbonyl (C=O) groups is 1. The number of likely N-dealkylation sites (tertiary alicyclic amines) is 1. The van der Waals surface area contributed by atoms with Crippen LogP contribution < -0.4 is 4.74 Å². The van der Waals surface area contributed by atoms with Crippen LogP contribution in [0.4, 0.5) is 0 Å². The Balaban J connectivity index is 1.57. The van der Waals surface area contributed by atoms with E-state index in [4.69, 9.17) is 4.74 Å². The van der Waals surface area contributed by atoms with Crippen LogP contribution in [0.1, 0.15) is 32.1 Å². The van der Waals surface area contributed by atoms with E-state index in [9.17, 15) is 4.79 Å². The predicted octanol–water partition coefficient (Wildman–Crippen LogP) is 1.65. The molecule has 1 atom stereocenters. The molecule has 1 aromatic rings. The fourth-order valence-corrected chi connectivity index (χ4v) is 2.64. The Morgan fingerprint density at radius 3 is 2.68 bits per heavy atom. The number of carbonyl (C=O) groups excluding carboxylic acids is 1. The molecule has 5 nitrogen and oxygen atoms in total. The average Bonchev–Trinajstić information content (AvgIpc) is 2.38. The molecule has 0 aromatic carbocycles. The molecule has 1 saturated carbocycles. The largest absolute Gasteiger partial charge is 0.458 e. The van der Waals surface area contributed by atoms with Gasteiger partial charge < -0.3 is 9.64 Å². The van der Waals surface area contributed by atoms with Gasteiger partial charge in [-0.2, -0.15) is 0 Å². The van der Waals surface area contributed by atoms with Crippen LogP contribution in [-0.4, -0.2) is 40.0 Å². The van der Waals surface area contributed by atoms with E-state index in [0.717, 1.165) is 32.2 Å². The number of hydrogen-bond donors (Lipinski definition) is 0. The van der Waals surface area contributed by atoms with Crippen LogP contribution in [0, 0.1) is 5.92 Å². The monoisotopic (exact) mass is 261 g/mol. The highest BCUT2D eigenvalue weighted by molar-refractivity contribution is 5.79. The quantitative estimate of drug-likeness (QED) is 0.830. The molecule has 1 aliphatic carbocycles. The van der Waals surface area contributed by atoms with E-state index in [1.807, 2.05) is 4.90 Å². The highest BCUT2D eigenvalue weighted by atomic mass is 16.5. The van der Waals surface area contributed by atoms with E-state index in [0.29, 0.717) is 18.5 Å². The van der Waals surface area contributed by atoms with Crippen LogP contribution in [0.25, 0.3) is 0 Å². The van der Waals surface area contributed by atoms with Crippen molar-refractivity contribution in [3.05, 3.63) is 18.5 Å². The third-order valence-corrected chi connectivity index (χ3v) is 3.96. The molecule has 0 unspecified atom stereocenters. The van der Waals surface area contributed by atoms with Crippen molar-refractivity contribution in [3.63, 3.8) is 0 Å². The van der Waals surface area contributed by atoms with Gasteiger partial charge in [-0.25, -0.2) is 9.97 Å². The number of piperidine rings is 1. The molecule has 5 heteroatoms. The molecule has 1 aromatic heterocycles. The first-order valence-electron chi connectivity index (χ1n) is 7.05. The highest BCUT2D eigenvalue weighted by Crippen LogP contribution is 2.29. The number of amides is 1. The summed E-state index contributed by atoms with van der Waals surface area (Å²) in [4.78, 5) is 22.3. The predicted molar refractivity (Wildman–Crippen MR) is 69.6 cm³/mol. The molecule has 0 spiro atoms. The van der Waals surface area contributed by atoms with Gasteiger partial charge >= 0.3 is 6.01 Å². The van der Waals surface area contributed by atoms with Crippen molar-refractivity contribution < 1.29 is 9.53 Å². The molecule has 0 radical (unpaired) electrons. The van der Waals surface area contributed by atoms with Crippen molar-refractivity contribution in [1.82, 2.24) is 14.9 Å². The number of nitrogens with zero attached hydrogens (tertiary/aromatic N) is 3. The smallest absolute Gasteiger partial charge is 0.316 e. The topological polar surface area (TPSA) is 55.3 Å². The summed E-state index contributed by atoms with van der Waals surface area (Å²) in [5.74, 6) is 0.584. The van der Waals surface area contributed by atoms with E-state index in [1.54, 1.807) is 18.5 Å². The van der Waals surface area contributed by atoms with Crippen molar-refractivity contribution in [1.29, 1.82) is 0 Å². The molecular weight excluding hydrogens is 242 g/mol. The van der Waals surface area contributed by atoms with Crippen LogP contribution in [0.5, 0.6) is 6.01 Å². The lowest BCUT2D eigenvalue weighted by molar-refractivity contribution is -0.140. The van der Waals surface area contributed by atoms with E-state index < -0.39 is 0 Å². The van der Waals surface area contributed by atoms with E-state index in [2.05, 4.69) is 9.97 Å². The molecule has 2 heterocycles. The lowest BCUT2D eigenvalue weighted by Gasteiger charge is -2.36. The summed E-state index contributed by atoms with van der Waals surface area (Å²) in [6, 6.07) is 2.17. The average molecular weight is 261 g/mol. The van der Waals surface area contributed by atoms with Crippen molar-refractivity contribution in [2.24, 2.45) is 5.92 Å². The van der Waals surface area contributed by atoms with Crippen molar-refractivity contribution in [3.8, 4) is 6.01 Å². The second kappa shape index (κ2) is 5.55. The zero-order valence-electron chi connectivity index (χ0n) is 11.0. The standard InChI is InChI=1S/C14H19N3O2/c18-13(11-4-1-5-11)17-9-2-6-12(10-17)19-14-15-7-3-8-16-14/h3,7-8,11-12H,1-2,4-6,9-10H2/t12-/m1/s1. The maximum atomic E-state index is 12.2. The van der Waals surface area contributed by atoms with Crippen LogP contribution in [0.3, 0.4) is 0 Å². The third kappa shape index (κ3) is 2.85. The molecule has 2 fully saturated rings. The summed E-state index contributed by atoms with van der Waals surface area (Å²) >= 11 is 0. The molecular formula is C14H19N3O2. The van der Waals surface area contributed by atoms with Gasteiger partial charge in [-0.05, 0) is 31.7 Å².